The third-order valence-corrected chi connectivity index (χ3v) is 4.14. The molecule has 0 heterocycles. The van der Waals surface area contributed by atoms with Gasteiger partial charge in [-0.3, -0.25) is 5.32 Å². The second kappa shape index (κ2) is 9.33. The Morgan fingerprint density at radius 2 is 2.25 bits per heavy atom. The van der Waals surface area contributed by atoms with E-state index in [-0.39, 0.29) is 11.6 Å². The Kier molecular flexibility index (Phi) is 8.13. The molecule has 0 aromatic carbocycles. The zero-order valence-electron chi connectivity index (χ0n) is 13.3. The van der Waals surface area contributed by atoms with Gasteiger partial charge in [0.15, 0.2) is 0 Å². The van der Waals surface area contributed by atoms with Gasteiger partial charge in [0.1, 0.15) is 5.54 Å². The molecule has 4 nitrogen and oxygen atoms in total. The predicted molar refractivity (Wildman–Crippen MR) is 80.5 cm³/mol. The summed E-state index contributed by atoms with van der Waals surface area (Å²) in [6.07, 6.45) is 5.41. The summed E-state index contributed by atoms with van der Waals surface area (Å²) in [5, 5.41) is 13.0. The van der Waals surface area contributed by atoms with Crippen molar-refractivity contribution in [2.24, 2.45) is 5.92 Å². The van der Waals surface area contributed by atoms with Crippen molar-refractivity contribution in [3.05, 3.63) is 0 Å². The van der Waals surface area contributed by atoms with Crippen molar-refractivity contribution in [3.8, 4) is 6.07 Å². The minimum absolute atomic E-state index is 0.136. The van der Waals surface area contributed by atoms with Gasteiger partial charge < -0.3 is 9.47 Å². The van der Waals surface area contributed by atoms with E-state index >= 15 is 0 Å². The van der Waals surface area contributed by atoms with Crippen LogP contribution in [0.4, 0.5) is 0 Å². The maximum absolute atomic E-state index is 9.56. The minimum Gasteiger partial charge on any atom is -0.379 e. The van der Waals surface area contributed by atoms with Crippen LogP contribution in [-0.4, -0.2) is 38.0 Å². The van der Waals surface area contributed by atoms with Crippen LogP contribution < -0.4 is 5.32 Å². The van der Waals surface area contributed by atoms with Gasteiger partial charge in [-0.25, -0.2) is 0 Å². The van der Waals surface area contributed by atoms with Gasteiger partial charge in [-0.2, -0.15) is 5.26 Å². The lowest BCUT2D eigenvalue weighted by atomic mass is 9.86. The van der Waals surface area contributed by atoms with Gasteiger partial charge in [0.05, 0.1) is 18.8 Å². The quantitative estimate of drug-likeness (QED) is 0.669. The molecule has 3 unspecified atom stereocenters. The first kappa shape index (κ1) is 17.4. The lowest BCUT2D eigenvalue weighted by Crippen LogP contribution is -2.47. The Labute approximate surface area is 123 Å². The number of hydrogen-bond donors (Lipinski definition) is 1. The first-order valence-corrected chi connectivity index (χ1v) is 8.04. The van der Waals surface area contributed by atoms with Crippen LogP contribution in [0.3, 0.4) is 0 Å². The molecular formula is C16H30N2O2. The van der Waals surface area contributed by atoms with Gasteiger partial charge in [-0.15, -0.1) is 0 Å². The van der Waals surface area contributed by atoms with Gasteiger partial charge in [0.25, 0.3) is 0 Å². The van der Waals surface area contributed by atoms with Gasteiger partial charge in [0.2, 0.25) is 0 Å². The molecule has 1 N–H and O–H groups in total. The topological polar surface area (TPSA) is 54.3 Å². The average molecular weight is 282 g/mol. The van der Waals surface area contributed by atoms with Crippen LogP contribution in [0.25, 0.3) is 0 Å². The third-order valence-electron chi connectivity index (χ3n) is 4.14. The van der Waals surface area contributed by atoms with E-state index in [0.29, 0.717) is 12.5 Å². The van der Waals surface area contributed by atoms with E-state index in [2.05, 4.69) is 18.3 Å². The van der Waals surface area contributed by atoms with Crippen LogP contribution in [0.15, 0.2) is 0 Å². The summed E-state index contributed by atoms with van der Waals surface area (Å²) >= 11 is 0. The first-order chi connectivity index (χ1) is 9.68. The molecule has 0 spiro atoms. The van der Waals surface area contributed by atoms with Crippen molar-refractivity contribution < 1.29 is 9.47 Å². The fraction of sp³-hybridized carbons (Fsp3) is 0.938. The molecule has 3 atom stereocenters. The molecule has 1 aliphatic carbocycles. The summed E-state index contributed by atoms with van der Waals surface area (Å²) in [5.74, 6) is 0.415. The summed E-state index contributed by atoms with van der Waals surface area (Å²) in [6.45, 7) is 9.19. The van der Waals surface area contributed by atoms with Crippen LogP contribution in [-0.2, 0) is 9.47 Å². The lowest BCUT2D eigenvalue weighted by molar-refractivity contribution is -0.00942. The highest BCUT2D eigenvalue weighted by molar-refractivity contribution is 5.14. The lowest BCUT2D eigenvalue weighted by Gasteiger charge is -2.30. The van der Waals surface area contributed by atoms with Crippen molar-refractivity contribution in [3.63, 3.8) is 0 Å². The Morgan fingerprint density at radius 1 is 1.45 bits per heavy atom. The second-order valence-corrected chi connectivity index (χ2v) is 5.73. The molecular weight excluding hydrogens is 252 g/mol. The molecule has 0 radical (unpaired) electrons. The summed E-state index contributed by atoms with van der Waals surface area (Å²) < 4.78 is 11.1. The normalized spacial score (nSPS) is 27.4. The first-order valence-electron chi connectivity index (χ1n) is 8.04. The van der Waals surface area contributed by atoms with Gasteiger partial charge in [-0.1, -0.05) is 13.3 Å². The van der Waals surface area contributed by atoms with Crippen LogP contribution >= 0.6 is 0 Å². The molecule has 1 aliphatic rings. The molecule has 1 saturated carbocycles. The molecule has 20 heavy (non-hydrogen) atoms. The van der Waals surface area contributed by atoms with E-state index in [1.807, 2.05) is 13.8 Å². The minimum atomic E-state index is -0.317. The third kappa shape index (κ3) is 5.05. The molecule has 1 fully saturated rings. The highest BCUT2D eigenvalue weighted by atomic mass is 16.5. The molecule has 0 saturated heterocycles. The smallest absolute Gasteiger partial charge is 0.109 e. The van der Waals surface area contributed by atoms with Crippen molar-refractivity contribution >= 4 is 0 Å². The van der Waals surface area contributed by atoms with E-state index < -0.39 is 0 Å². The van der Waals surface area contributed by atoms with Crippen LogP contribution in [0.2, 0.25) is 0 Å². The predicted octanol–water partition coefficient (Wildman–Crippen LogP) is 2.88. The summed E-state index contributed by atoms with van der Waals surface area (Å²) in [5.41, 5.74) is -0.317. The Hall–Kier alpha value is -0.630. The van der Waals surface area contributed by atoms with E-state index in [1.54, 1.807) is 0 Å². The molecule has 0 aromatic rings. The van der Waals surface area contributed by atoms with Crippen molar-refractivity contribution in [1.29, 1.82) is 5.26 Å². The van der Waals surface area contributed by atoms with Crippen molar-refractivity contribution in [1.82, 2.24) is 5.32 Å². The number of rotatable bonds is 10. The van der Waals surface area contributed by atoms with Crippen LogP contribution in [0.5, 0.6) is 0 Å². The highest BCUT2D eigenvalue weighted by Gasteiger charge is 2.42. The largest absolute Gasteiger partial charge is 0.379 e. The summed E-state index contributed by atoms with van der Waals surface area (Å²) in [6, 6.07) is 2.54. The fourth-order valence-electron chi connectivity index (χ4n) is 2.98. The van der Waals surface area contributed by atoms with Gasteiger partial charge in [0, 0.05) is 13.2 Å². The standard InChI is InChI=1S/C16H30N2O2/c1-4-10-18-16(13-17)9-6-7-15(16)8-11-20-14(3)12-19-5-2/h14-15,18H,4-12H2,1-3H3. The van der Waals surface area contributed by atoms with Crippen LogP contribution in [0, 0.1) is 17.2 Å². The van der Waals surface area contributed by atoms with E-state index in [0.717, 1.165) is 51.9 Å². The zero-order chi connectivity index (χ0) is 14.8. The molecule has 0 amide bonds. The molecule has 4 heteroatoms. The maximum atomic E-state index is 9.56. The Balaban J connectivity index is 2.35. The summed E-state index contributed by atoms with van der Waals surface area (Å²) in [4.78, 5) is 0. The second-order valence-electron chi connectivity index (χ2n) is 5.73. The van der Waals surface area contributed by atoms with Gasteiger partial charge in [-0.05, 0) is 52.0 Å². The number of nitrogens with one attached hydrogen (secondary N) is 1. The number of nitriles is 1. The SMILES string of the molecule is CCCNC1(C#N)CCCC1CCOC(C)COCC. The van der Waals surface area contributed by atoms with E-state index in [9.17, 15) is 5.26 Å². The van der Waals surface area contributed by atoms with Crippen molar-refractivity contribution in [2.45, 2.75) is 64.5 Å². The number of nitrogens with zero attached hydrogens (tertiary/aromatic N) is 1. The fourth-order valence-corrected chi connectivity index (χ4v) is 2.98. The maximum Gasteiger partial charge on any atom is 0.109 e. The Bertz CT molecular complexity index is 303. The monoisotopic (exact) mass is 282 g/mol. The number of hydrogen-bond acceptors (Lipinski definition) is 4. The molecule has 0 aliphatic heterocycles. The molecule has 0 aromatic heterocycles. The molecule has 116 valence electrons. The van der Waals surface area contributed by atoms with E-state index in [4.69, 9.17) is 9.47 Å². The van der Waals surface area contributed by atoms with Crippen LogP contribution in [0.1, 0.15) is 52.9 Å². The number of ether oxygens (including phenoxy) is 2. The Morgan fingerprint density at radius 3 is 2.90 bits per heavy atom. The zero-order valence-corrected chi connectivity index (χ0v) is 13.3. The molecule has 1 rings (SSSR count). The van der Waals surface area contributed by atoms with Crippen molar-refractivity contribution in [2.75, 3.05) is 26.4 Å². The highest BCUT2D eigenvalue weighted by Crippen LogP contribution is 2.37. The van der Waals surface area contributed by atoms with Gasteiger partial charge >= 0.3 is 0 Å². The molecule has 0 bridgehead atoms. The summed E-state index contributed by atoms with van der Waals surface area (Å²) in [7, 11) is 0. The average Bonchev–Trinajstić information content (AvgIpc) is 2.86. The van der Waals surface area contributed by atoms with E-state index in [1.165, 1.54) is 0 Å².